The number of nitrogens with two attached hydrogens (primary N) is 1. The number of aliphatic carboxylic acids is 2. The van der Waals surface area contributed by atoms with Gasteiger partial charge in [-0.15, -0.1) is 0 Å². The largest absolute Gasteiger partial charge is 0.481 e. The van der Waals surface area contributed by atoms with Crippen molar-refractivity contribution in [1.29, 1.82) is 0 Å². The second-order valence-corrected chi connectivity index (χ2v) is 16.4. The summed E-state index contributed by atoms with van der Waals surface area (Å²) < 4.78 is 0. The van der Waals surface area contributed by atoms with E-state index in [1.54, 1.807) is 20.1 Å². The summed E-state index contributed by atoms with van der Waals surface area (Å²) in [7, 11) is 0. The van der Waals surface area contributed by atoms with Crippen LogP contribution in [-0.4, -0.2) is 171 Å². The summed E-state index contributed by atoms with van der Waals surface area (Å²) in [5.41, 5.74) is 5.38. The molecule has 13 N–H and O–H groups in total. The lowest BCUT2D eigenvalue weighted by Gasteiger charge is -2.31. The molecule has 8 amide bonds. The fourth-order valence-electron chi connectivity index (χ4n) is 6.27. The van der Waals surface area contributed by atoms with Gasteiger partial charge in [-0.25, -0.2) is 4.79 Å². The van der Waals surface area contributed by atoms with Gasteiger partial charge >= 0.3 is 11.9 Å². The van der Waals surface area contributed by atoms with Crippen LogP contribution < -0.4 is 43.0 Å². The van der Waals surface area contributed by atoms with Crippen LogP contribution in [0.5, 0.6) is 0 Å². The minimum absolute atomic E-state index is 0.0586. The molecule has 62 heavy (non-hydrogen) atoms. The Balaban J connectivity index is 3.14. The molecular weight excluding hydrogens is 839 g/mol. The van der Waals surface area contributed by atoms with Crippen molar-refractivity contribution in [1.82, 2.24) is 42.1 Å². The molecule has 0 aliphatic carbocycles. The highest BCUT2D eigenvalue weighted by Crippen LogP contribution is 2.20. The van der Waals surface area contributed by atoms with E-state index in [2.05, 4.69) is 37.2 Å². The van der Waals surface area contributed by atoms with Crippen molar-refractivity contribution in [3.05, 3.63) is 0 Å². The Labute approximate surface area is 364 Å². The molecule has 0 saturated carbocycles. The molecule has 10 atom stereocenters. The standard InChI is InChI=1S/C38H65N9O14S/c1-8-19(4)29(38(60)61)45-34(56)24(17-48)43-36(58)28(18(2)3)44-32(54)22(11-12-27(51)52)42-31(53)20(5)40-35(57)25-10-9-14-47(25)37(59)30(21(6)49)46-33(55)23(13-15-62-7)41-26(50)16-39/h18-25,28-30,48-49H,8-17,39H2,1-7H3,(H,40,57)(H,41,50)(H,42,53)(H,43,58)(H,44,54)(H,45,56)(H,46,55)(H,51,52)(H,60,61). The van der Waals surface area contributed by atoms with Crippen LogP contribution in [0.3, 0.4) is 0 Å². The van der Waals surface area contributed by atoms with Gasteiger partial charge < -0.3 is 68.3 Å². The first-order chi connectivity index (χ1) is 29.0. The third-order valence-electron chi connectivity index (χ3n) is 10.2. The Kier molecular flexibility index (Phi) is 24.0. The van der Waals surface area contributed by atoms with Gasteiger partial charge in [-0.3, -0.25) is 43.2 Å². The first-order valence-electron chi connectivity index (χ1n) is 20.4. The Morgan fingerprint density at radius 2 is 1.27 bits per heavy atom. The maximum atomic E-state index is 13.7. The Morgan fingerprint density at radius 3 is 1.77 bits per heavy atom. The Morgan fingerprint density at radius 1 is 0.726 bits per heavy atom. The number of hydrogen-bond donors (Lipinski definition) is 12. The highest BCUT2D eigenvalue weighted by Gasteiger charge is 2.41. The van der Waals surface area contributed by atoms with Gasteiger partial charge in [0, 0.05) is 13.0 Å². The average molecular weight is 904 g/mol. The molecule has 1 rings (SSSR count). The van der Waals surface area contributed by atoms with Crippen LogP contribution >= 0.6 is 11.8 Å². The first kappa shape index (κ1) is 54.9. The third kappa shape index (κ3) is 17.4. The molecule has 1 heterocycles. The summed E-state index contributed by atoms with van der Waals surface area (Å²) in [4.78, 5) is 130. The number of nitrogens with zero attached hydrogens (tertiary/aromatic N) is 1. The van der Waals surface area contributed by atoms with E-state index in [9.17, 15) is 68.4 Å². The molecule has 1 fully saturated rings. The number of aliphatic hydroxyl groups excluding tert-OH is 2. The number of rotatable bonds is 27. The van der Waals surface area contributed by atoms with Crippen molar-refractivity contribution < 1.29 is 68.4 Å². The molecule has 0 spiro atoms. The molecule has 352 valence electrons. The Hall–Kier alpha value is -5.07. The van der Waals surface area contributed by atoms with Crippen LogP contribution in [0.15, 0.2) is 0 Å². The number of carboxylic acid groups (broad SMARTS) is 2. The van der Waals surface area contributed by atoms with E-state index in [0.29, 0.717) is 18.6 Å². The number of carbonyl (C=O) groups is 10. The highest BCUT2D eigenvalue weighted by molar-refractivity contribution is 7.98. The topological polar surface area (TPSA) is 365 Å². The van der Waals surface area contributed by atoms with Crippen LogP contribution in [-0.2, 0) is 47.9 Å². The van der Waals surface area contributed by atoms with E-state index in [-0.39, 0.29) is 25.9 Å². The molecule has 1 aliphatic rings. The van der Waals surface area contributed by atoms with Gasteiger partial charge in [-0.1, -0.05) is 34.1 Å². The summed E-state index contributed by atoms with van der Waals surface area (Å²) in [6, 6.07) is -11.0. The monoisotopic (exact) mass is 903 g/mol. The van der Waals surface area contributed by atoms with Crippen LogP contribution in [0.1, 0.15) is 80.1 Å². The van der Waals surface area contributed by atoms with Gasteiger partial charge in [0.05, 0.1) is 19.3 Å². The number of nitrogens with one attached hydrogen (secondary N) is 7. The number of amides is 8. The van der Waals surface area contributed by atoms with Crippen molar-refractivity contribution >= 4 is 71.0 Å². The number of carboxylic acids is 2. The molecule has 0 bridgehead atoms. The normalized spacial score (nSPS) is 18.0. The lowest BCUT2D eigenvalue weighted by Crippen LogP contribution is -2.61. The fraction of sp³-hybridized carbons (Fsp3) is 0.737. The summed E-state index contributed by atoms with van der Waals surface area (Å²) >= 11 is 1.41. The van der Waals surface area contributed by atoms with Crippen molar-refractivity contribution in [3.8, 4) is 0 Å². The van der Waals surface area contributed by atoms with Crippen molar-refractivity contribution in [3.63, 3.8) is 0 Å². The van der Waals surface area contributed by atoms with Gasteiger partial charge in [0.25, 0.3) is 0 Å². The smallest absolute Gasteiger partial charge is 0.326 e. The van der Waals surface area contributed by atoms with Crippen LogP contribution in [0.25, 0.3) is 0 Å². The minimum Gasteiger partial charge on any atom is -0.481 e. The number of carbonyl (C=O) groups excluding carboxylic acids is 8. The van der Waals surface area contributed by atoms with Crippen molar-refractivity contribution in [2.75, 3.05) is 31.7 Å². The zero-order valence-electron chi connectivity index (χ0n) is 36.2. The molecule has 0 aromatic heterocycles. The fourth-order valence-corrected chi connectivity index (χ4v) is 6.74. The van der Waals surface area contributed by atoms with E-state index in [1.807, 2.05) is 0 Å². The molecule has 1 aliphatic heterocycles. The van der Waals surface area contributed by atoms with Gasteiger partial charge in [0.2, 0.25) is 47.3 Å². The van der Waals surface area contributed by atoms with Crippen molar-refractivity contribution in [2.24, 2.45) is 17.6 Å². The van der Waals surface area contributed by atoms with Crippen LogP contribution in [0.2, 0.25) is 0 Å². The quantitative estimate of drug-likeness (QED) is 0.0375. The number of aliphatic hydroxyl groups is 2. The minimum atomic E-state index is -1.61. The predicted molar refractivity (Wildman–Crippen MR) is 224 cm³/mol. The van der Waals surface area contributed by atoms with E-state index in [4.69, 9.17) is 5.73 Å². The highest BCUT2D eigenvalue weighted by atomic mass is 32.2. The number of likely N-dealkylation sites (tertiary alicyclic amines) is 1. The molecule has 0 aromatic carbocycles. The third-order valence-corrected chi connectivity index (χ3v) is 10.8. The second kappa shape index (κ2) is 27.1. The first-order valence-corrected chi connectivity index (χ1v) is 21.8. The molecule has 0 radical (unpaired) electrons. The lowest BCUT2D eigenvalue weighted by molar-refractivity contribution is -0.144. The van der Waals surface area contributed by atoms with E-state index in [1.165, 1.54) is 39.5 Å². The molecule has 24 heteroatoms. The zero-order chi connectivity index (χ0) is 47.4. The Bertz CT molecular complexity index is 1600. The SMILES string of the molecule is CCC(C)C(NC(=O)C(CO)NC(=O)C(NC(=O)C(CCC(=O)O)NC(=O)C(C)NC(=O)C1CCCN1C(=O)C(NC(=O)C(CCSC)NC(=O)CN)C(C)O)C(C)C)C(=O)O. The number of hydrogen-bond acceptors (Lipinski definition) is 14. The van der Waals surface area contributed by atoms with Crippen LogP contribution in [0, 0.1) is 11.8 Å². The van der Waals surface area contributed by atoms with E-state index < -0.39 is 145 Å². The molecule has 1 saturated heterocycles. The van der Waals surface area contributed by atoms with E-state index >= 15 is 0 Å². The van der Waals surface area contributed by atoms with Gasteiger partial charge in [0.1, 0.15) is 48.3 Å². The maximum absolute atomic E-state index is 13.7. The van der Waals surface area contributed by atoms with Crippen LogP contribution in [0.4, 0.5) is 0 Å². The van der Waals surface area contributed by atoms with Crippen molar-refractivity contribution in [2.45, 2.75) is 135 Å². The lowest BCUT2D eigenvalue weighted by atomic mass is 9.98. The van der Waals surface area contributed by atoms with E-state index in [0.717, 1.165) is 4.90 Å². The zero-order valence-corrected chi connectivity index (χ0v) is 37.0. The molecular formula is C38H65N9O14S. The average Bonchev–Trinajstić information content (AvgIpc) is 3.72. The maximum Gasteiger partial charge on any atom is 0.326 e. The molecule has 23 nitrogen and oxygen atoms in total. The van der Waals surface area contributed by atoms with Gasteiger partial charge in [0.15, 0.2) is 0 Å². The number of thioether (sulfide) groups is 1. The summed E-state index contributed by atoms with van der Waals surface area (Å²) in [5.74, 6) is -10.2. The summed E-state index contributed by atoms with van der Waals surface area (Å²) in [6.45, 7) is 7.65. The molecule has 10 unspecified atom stereocenters. The second-order valence-electron chi connectivity index (χ2n) is 15.4. The predicted octanol–water partition coefficient (Wildman–Crippen LogP) is -3.87. The molecule has 0 aromatic rings. The summed E-state index contributed by atoms with van der Waals surface area (Å²) in [6.07, 6.45) is 0.389. The van der Waals surface area contributed by atoms with Gasteiger partial charge in [-0.05, 0) is 63.4 Å². The van der Waals surface area contributed by atoms with Gasteiger partial charge in [-0.2, -0.15) is 11.8 Å². The summed E-state index contributed by atoms with van der Waals surface area (Å²) in [5, 5.41) is 56.1.